The Morgan fingerprint density at radius 2 is 2.07 bits per heavy atom. The SMILES string of the molecule is C=C(COCCC(C)C)C(=O)OCC. The van der Waals surface area contributed by atoms with Gasteiger partial charge in [-0.15, -0.1) is 0 Å². The Morgan fingerprint density at radius 3 is 2.57 bits per heavy atom. The Labute approximate surface area is 86.1 Å². The van der Waals surface area contributed by atoms with E-state index < -0.39 is 0 Å². The van der Waals surface area contributed by atoms with Crippen molar-refractivity contribution in [3.8, 4) is 0 Å². The second kappa shape index (κ2) is 7.56. The van der Waals surface area contributed by atoms with Gasteiger partial charge in [0.1, 0.15) is 0 Å². The summed E-state index contributed by atoms with van der Waals surface area (Å²) in [5, 5.41) is 0. The van der Waals surface area contributed by atoms with Crippen molar-refractivity contribution < 1.29 is 14.3 Å². The van der Waals surface area contributed by atoms with E-state index in [4.69, 9.17) is 9.47 Å². The average Bonchev–Trinajstić information content (AvgIpc) is 2.12. The summed E-state index contributed by atoms with van der Waals surface area (Å²) in [6.07, 6.45) is 0.996. The van der Waals surface area contributed by atoms with Crippen LogP contribution in [0.25, 0.3) is 0 Å². The molecule has 0 saturated heterocycles. The van der Waals surface area contributed by atoms with E-state index >= 15 is 0 Å². The summed E-state index contributed by atoms with van der Waals surface area (Å²) in [6, 6.07) is 0. The molecule has 0 fully saturated rings. The van der Waals surface area contributed by atoms with Gasteiger partial charge in [-0.2, -0.15) is 0 Å². The van der Waals surface area contributed by atoms with E-state index in [-0.39, 0.29) is 12.6 Å². The average molecular weight is 200 g/mol. The van der Waals surface area contributed by atoms with Crippen LogP contribution in [0.2, 0.25) is 0 Å². The van der Waals surface area contributed by atoms with Crippen LogP contribution in [0.3, 0.4) is 0 Å². The smallest absolute Gasteiger partial charge is 0.335 e. The van der Waals surface area contributed by atoms with Crippen LogP contribution in [-0.4, -0.2) is 25.8 Å². The number of rotatable bonds is 7. The molecule has 0 N–H and O–H groups in total. The van der Waals surface area contributed by atoms with E-state index in [9.17, 15) is 4.79 Å². The number of hydrogen-bond acceptors (Lipinski definition) is 3. The van der Waals surface area contributed by atoms with Gasteiger partial charge >= 0.3 is 5.97 Å². The molecule has 0 amide bonds. The van der Waals surface area contributed by atoms with Crippen molar-refractivity contribution in [3.63, 3.8) is 0 Å². The lowest BCUT2D eigenvalue weighted by Crippen LogP contribution is -2.12. The van der Waals surface area contributed by atoms with Crippen LogP contribution in [-0.2, 0) is 14.3 Å². The quantitative estimate of drug-likeness (QED) is 0.359. The van der Waals surface area contributed by atoms with Gasteiger partial charge in [0.25, 0.3) is 0 Å². The van der Waals surface area contributed by atoms with Crippen LogP contribution in [0.4, 0.5) is 0 Å². The van der Waals surface area contributed by atoms with E-state index in [2.05, 4.69) is 20.4 Å². The van der Waals surface area contributed by atoms with Crippen LogP contribution in [0.1, 0.15) is 27.2 Å². The Hall–Kier alpha value is -0.830. The number of carbonyl (C=O) groups excluding carboxylic acids is 1. The minimum absolute atomic E-state index is 0.269. The zero-order valence-corrected chi connectivity index (χ0v) is 9.34. The molecule has 0 rings (SSSR count). The summed E-state index contributed by atoms with van der Waals surface area (Å²) in [6.45, 7) is 10.9. The molecule has 0 radical (unpaired) electrons. The van der Waals surface area contributed by atoms with Gasteiger partial charge in [0.2, 0.25) is 0 Å². The van der Waals surface area contributed by atoms with Gasteiger partial charge in [-0.1, -0.05) is 20.4 Å². The van der Waals surface area contributed by atoms with Gasteiger partial charge in [-0.3, -0.25) is 0 Å². The van der Waals surface area contributed by atoms with Gasteiger partial charge < -0.3 is 9.47 Å². The van der Waals surface area contributed by atoms with E-state index in [1.54, 1.807) is 6.92 Å². The van der Waals surface area contributed by atoms with Crippen molar-refractivity contribution in [2.45, 2.75) is 27.2 Å². The molecule has 3 heteroatoms. The normalized spacial score (nSPS) is 10.3. The highest BCUT2D eigenvalue weighted by atomic mass is 16.5. The van der Waals surface area contributed by atoms with Gasteiger partial charge in [0.15, 0.2) is 0 Å². The Balaban J connectivity index is 3.49. The Bertz CT molecular complexity index is 185. The van der Waals surface area contributed by atoms with Crippen molar-refractivity contribution in [3.05, 3.63) is 12.2 Å². The highest BCUT2D eigenvalue weighted by Gasteiger charge is 2.07. The fourth-order valence-corrected chi connectivity index (χ4v) is 0.806. The molecule has 0 aliphatic rings. The van der Waals surface area contributed by atoms with Crippen LogP contribution >= 0.6 is 0 Å². The second-order valence-electron chi connectivity index (χ2n) is 3.56. The van der Waals surface area contributed by atoms with Crippen molar-refractivity contribution in [1.29, 1.82) is 0 Å². The topological polar surface area (TPSA) is 35.5 Å². The summed E-state index contributed by atoms with van der Waals surface area (Å²) in [7, 11) is 0. The largest absolute Gasteiger partial charge is 0.463 e. The fraction of sp³-hybridized carbons (Fsp3) is 0.727. The number of ether oxygens (including phenoxy) is 2. The van der Waals surface area contributed by atoms with E-state index in [0.29, 0.717) is 24.7 Å². The molecule has 82 valence electrons. The number of hydrogen-bond donors (Lipinski definition) is 0. The van der Waals surface area contributed by atoms with Crippen molar-refractivity contribution >= 4 is 5.97 Å². The van der Waals surface area contributed by atoms with Crippen LogP contribution in [0.15, 0.2) is 12.2 Å². The van der Waals surface area contributed by atoms with Gasteiger partial charge in [0.05, 0.1) is 18.8 Å². The molecule has 14 heavy (non-hydrogen) atoms. The van der Waals surface area contributed by atoms with Crippen LogP contribution in [0.5, 0.6) is 0 Å². The first-order chi connectivity index (χ1) is 6.57. The molecule has 0 unspecified atom stereocenters. The summed E-state index contributed by atoms with van der Waals surface area (Å²) in [4.78, 5) is 11.1. The lowest BCUT2D eigenvalue weighted by Gasteiger charge is -2.07. The first-order valence-corrected chi connectivity index (χ1v) is 5.00. The molecule has 0 spiro atoms. The standard InChI is InChI=1S/C11H20O3/c1-5-14-11(12)10(4)8-13-7-6-9(2)3/h9H,4-8H2,1-3H3. The predicted molar refractivity (Wildman–Crippen MR) is 56.0 cm³/mol. The van der Waals surface area contributed by atoms with Crippen molar-refractivity contribution in [1.82, 2.24) is 0 Å². The molecule has 0 aromatic heterocycles. The molecule has 0 heterocycles. The monoisotopic (exact) mass is 200 g/mol. The predicted octanol–water partition coefficient (Wildman–Crippen LogP) is 2.17. The molecule has 0 bridgehead atoms. The van der Waals surface area contributed by atoms with Gasteiger partial charge in [-0.05, 0) is 19.3 Å². The summed E-state index contributed by atoms with van der Waals surface area (Å²) in [5.74, 6) is 0.253. The summed E-state index contributed by atoms with van der Waals surface area (Å²) < 4.78 is 10.0. The van der Waals surface area contributed by atoms with Gasteiger partial charge in [-0.25, -0.2) is 4.79 Å². The highest BCUT2D eigenvalue weighted by molar-refractivity contribution is 5.87. The summed E-state index contributed by atoms with van der Waals surface area (Å²) >= 11 is 0. The lowest BCUT2D eigenvalue weighted by molar-refractivity contribution is -0.139. The first-order valence-electron chi connectivity index (χ1n) is 5.00. The maximum atomic E-state index is 11.1. The zero-order chi connectivity index (χ0) is 11.0. The lowest BCUT2D eigenvalue weighted by atomic mass is 10.1. The number of esters is 1. The van der Waals surface area contributed by atoms with E-state index in [1.807, 2.05) is 0 Å². The highest BCUT2D eigenvalue weighted by Crippen LogP contribution is 2.01. The third-order valence-electron chi connectivity index (χ3n) is 1.68. The zero-order valence-electron chi connectivity index (χ0n) is 9.34. The minimum atomic E-state index is -0.364. The van der Waals surface area contributed by atoms with Crippen molar-refractivity contribution in [2.24, 2.45) is 5.92 Å². The maximum absolute atomic E-state index is 11.1. The molecule has 3 nitrogen and oxygen atoms in total. The molecular weight excluding hydrogens is 180 g/mol. The first kappa shape index (κ1) is 13.2. The summed E-state index contributed by atoms with van der Waals surface area (Å²) in [5.41, 5.74) is 0.385. The van der Waals surface area contributed by atoms with E-state index in [0.717, 1.165) is 6.42 Å². The van der Waals surface area contributed by atoms with Crippen LogP contribution in [0, 0.1) is 5.92 Å². The van der Waals surface area contributed by atoms with E-state index in [1.165, 1.54) is 0 Å². The van der Waals surface area contributed by atoms with Crippen LogP contribution < -0.4 is 0 Å². The molecule has 0 saturated carbocycles. The molecule has 0 aromatic carbocycles. The third kappa shape index (κ3) is 6.66. The third-order valence-corrected chi connectivity index (χ3v) is 1.68. The van der Waals surface area contributed by atoms with Gasteiger partial charge in [0, 0.05) is 6.61 Å². The Kier molecular flexibility index (Phi) is 7.11. The minimum Gasteiger partial charge on any atom is -0.463 e. The maximum Gasteiger partial charge on any atom is 0.335 e. The number of carbonyl (C=O) groups is 1. The molecule has 0 atom stereocenters. The molecule has 0 aromatic rings. The van der Waals surface area contributed by atoms with Crippen molar-refractivity contribution in [2.75, 3.05) is 19.8 Å². The molecule has 0 aliphatic heterocycles. The second-order valence-corrected chi connectivity index (χ2v) is 3.56. The fourth-order valence-electron chi connectivity index (χ4n) is 0.806. The molecular formula is C11H20O3. The molecule has 0 aliphatic carbocycles. The Morgan fingerprint density at radius 1 is 1.43 bits per heavy atom.